The van der Waals surface area contributed by atoms with Crippen molar-refractivity contribution in [3.05, 3.63) is 87.5 Å². The van der Waals surface area contributed by atoms with Crippen LogP contribution in [0.3, 0.4) is 0 Å². The first kappa shape index (κ1) is 50.4. The number of sulfone groups is 2. The van der Waals surface area contributed by atoms with Crippen molar-refractivity contribution < 1.29 is 16.8 Å². The van der Waals surface area contributed by atoms with Gasteiger partial charge in [-0.2, -0.15) is 9.97 Å². The predicted molar refractivity (Wildman–Crippen MR) is 264 cm³/mol. The first-order valence-corrected chi connectivity index (χ1v) is 25.7. The fourth-order valence-electron chi connectivity index (χ4n) is 6.97. The van der Waals surface area contributed by atoms with Crippen molar-refractivity contribution in [1.29, 1.82) is 0 Å². The molecule has 67 heavy (non-hydrogen) atoms. The highest BCUT2D eigenvalue weighted by atomic mass is 127. The number of aromatic nitrogens is 10. The average molecular weight is 1070 g/mol. The Balaban J connectivity index is 0.000000188. The van der Waals surface area contributed by atoms with Crippen LogP contribution in [0.1, 0.15) is 58.9 Å². The third kappa shape index (κ3) is 11.7. The molecule has 0 aromatic carbocycles. The largest absolute Gasteiger partial charge is 0.368 e. The Hall–Kier alpha value is -6.05. The summed E-state index contributed by atoms with van der Waals surface area (Å²) in [4.78, 5) is 66.8. The van der Waals surface area contributed by atoms with Crippen LogP contribution in [0, 0.1) is 39.6 Å². The maximum absolute atomic E-state index is 12.9. The van der Waals surface area contributed by atoms with Crippen molar-refractivity contribution in [1.82, 2.24) is 47.3 Å². The lowest BCUT2D eigenvalue weighted by Crippen LogP contribution is -2.38. The van der Waals surface area contributed by atoms with Gasteiger partial charge in [-0.3, -0.25) is 27.9 Å². The van der Waals surface area contributed by atoms with E-state index in [1.54, 1.807) is 18.3 Å². The molecule has 2 N–H and O–H groups in total. The Morgan fingerprint density at radius 1 is 0.687 bits per heavy atom. The molecule has 23 heteroatoms. The highest BCUT2D eigenvalue weighted by Crippen LogP contribution is 2.33. The summed E-state index contributed by atoms with van der Waals surface area (Å²) >= 11 is 2.27. The van der Waals surface area contributed by atoms with E-state index in [0.717, 1.165) is 45.2 Å². The molecule has 6 heterocycles. The van der Waals surface area contributed by atoms with Gasteiger partial charge in [0.15, 0.2) is 22.3 Å². The average Bonchev–Trinajstić information content (AvgIpc) is 4.18. The molecule has 6 aromatic heterocycles. The second-order valence-corrected chi connectivity index (χ2v) is 22.2. The van der Waals surface area contributed by atoms with Crippen LogP contribution in [-0.4, -0.2) is 87.8 Å². The number of aryl methyl sites for hydroxylation is 2. The molecular formula is C44H53IN12O8S2. The number of anilines is 2. The molecule has 0 aliphatic heterocycles. The van der Waals surface area contributed by atoms with Gasteiger partial charge in [0.25, 0.3) is 11.1 Å². The highest BCUT2D eigenvalue weighted by Gasteiger charge is 2.34. The van der Waals surface area contributed by atoms with E-state index in [1.807, 2.05) is 32.2 Å². The molecule has 0 saturated heterocycles. The van der Waals surface area contributed by atoms with Gasteiger partial charge < -0.3 is 19.8 Å². The van der Waals surface area contributed by atoms with E-state index in [-0.39, 0.29) is 75.1 Å². The number of hydrogen-bond donors (Lipinski definition) is 2. The third-order valence-electron chi connectivity index (χ3n) is 10.6. The minimum absolute atomic E-state index is 0.00382. The molecule has 8 rings (SSSR count). The van der Waals surface area contributed by atoms with Crippen LogP contribution in [0.4, 0.5) is 11.6 Å². The minimum Gasteiger partial charge on any atom is -0.368 e. The molecule has 356 valence electrons. The predicted octanol–water partition coefficient (Wildman–Crippen LogP) is 2.64. The molecule has 2 aliphatic rings. The molecule has 0 atom stereocenters. The van der Waals surface area contributed by atoms with Crippen LogP contribution in [0.5, 0.6) is 0 Å². The fraction of sp³-hybridized carbons (Fsp3) is 0.455. The first-order chi connectivity index (χ1) is 31.5. The number of imidazole rings is 2. The third-order valence-corrected chi connectivity index (χ3v) is 14.9. The lowest BCUT2D eigenvalue weighted by atomic mass is 10.2. The summed E-state index contributed by atoms with van der Waals surface area (Å²) in [7, 11) is -1.70. The molecule has 2 fully saturated rings. The van der Waals surface area contributed by atoms with Gasteiger partial charge in [0.1, 0.15) is 11.6 Å². The van der Waals surface area contributed by atoms with Crippen LogP contribution in [0.2, 0.25) is 0 Å². The van der Waals surface area contributed by atoms with Gasteiger partial charge >= 0.3 is 11.4 Å². The molecule has 20 nitrogen and oxygen atoms in total. The number of nitrogens with zero attached hydrogens (tertiary/aromatic N) is 10. The zero-order chi connectivity index (χ0) is 49.1. The van der Waals surface area contributed by atoms with Gasteiger partial charge in [0.2, 0.25) is 30.0 Å². The van der Waals surface area contributed by atoms with Gasteiger partial charge in [-0.25, -0.2) is 36.4 Å². The lowest BCUT2D eigenvalue weighted by Gasteiger charge is -2.08. The molecule has 2 aliphatic carbocycles. The summed E-state index contributed by atoms with van der Waals surface area (Å²) in [5, 5.41) is 6.03. The Morgan fingerprint density at radius 3 is 1.54 bits per heavy atom. The van der Waals surface area contributed by atoms with Gasteiger partial charge in [-0.15, -0.1) is 6.42 Å². The van der Waals surface area contributed by atoms with E-state index in [9.17, 15) is 36.0 Å². The minimum atomic E-state index is -3.69. The van der Waals surface area contributed by atoms with Crippen molar-refractivity contribution in [3.8, 4) is 24.2 Å². The monoisotopic (exact) mass is 1070 g/mol. The van der Waals surface area contributed by atoms with Crippen LogP contribution in [0.25, 0.3) is 22.3 Å². The quantitative estimate of drug-likeness (QED) is 0.132. The maximum Gasteiger partial charge on any atom is 0.333 e. The second kappa shape index (κ2) is 20.4. The molecule has 0 spiro atoms. The summed E-state index contributed by atoms with van der Waals surface area (Å²) in [5.74, 6) is 10.1. The fourth-order valence-corrected chi connectivity index (χ4v) is 11.1. The maximum atomic E-state index is 12.9. The number of pyridine rings is 2. The first-order valence-electron chi connectivity index (χ1n) is 21.4. The zero-order valence-electron chi connectivity index (χ0n) is 38.4. The van der Waals surface area contributed by atoms with Crippen LogP contribution >= 0.6 is 22.6 Å². The number of rotatable bonds is 12. The van der Waals surface area contributed by atoms with Gasteiger partial charge in [0.05, 0.1) is 24.6 Å². The zero-order valence-corrected chi connectivity index (χ0v) is 42.2. The number of terminal acetylenes is 1. The van der Waals surface area contributed by atoms with Gasteiger partial charge in [0, 0.05) is 61.8 Å². The van der Waals surface area contributed by atoms with E-state index >= 15 is 0 Å². The number of hydrogen-bond acceptors (Lipinski definition) is 14. The molecule has 0 unspecified atom stereocenters. The van der Waals surface area contributed by atoms with Crippen LogP contribution in [-0.2, 0) is 61.0 Å². The summed E-state index contributed by atoms with van der Waals surface area (Å²) in [6, 6.07) is 8.22. The van der Waals surface area contributed by atoms with Gasteiger partial charge in [-0.1, -0.05) is 17.8 Å². The Morgan fingerprint density at radius 2 is 1.12 bits per heavy atom. The number of fused-ring (bicyclic) bond motifs is 2. The second-order valence-electron chi connectivity index (χ2n) is 17.1. The SMILES string of the molecule is C#CCn1c(=O)n(C)c(=O)c2c1nc(S(=O)(=O)CC1CC1)n2C.CC(C)Nc1cc(C#CCn2c(=O)n(C)c(=O)c3c2nc(S(=O)(=O)CC2CC2)n3C)ccn1.CC(C)Nc1cc(I)ccn1. The normalized spacial score (nSPS) is 13.6. The van der Waals surface area contributed by atoms with Crippen LogP contribution in [0.15, 0.2) is 66.2 Å². The van der Waals surface area contributed by atoms with Crippen molar-refractivity contribution in [2.75, 3.05) is 22.1 Å². The molecule has 0 bridgehead atoms. The summed E-state index contributed by atoms with van der Waals surface area (Å²) in [5.41, 5.74) is -1.58. The molecule has 6 aromatic rings. The Bertz CT molecular complexity index is 3450. The van der Waals surface area contributed by atoms with Crippen molar-refractivity contribution in [2.45, 2.75) is 88.9 Å². The smallest absolute Gasteiger partial charge is 0.333 e. The summed E-state index contributed by atoms with van der Waals surface area (Å²) in [6.45, 7) is 8.05. The highest BCUT2D eigenvalue weighted by molar-refractivity contribution is 14.1. The molecular weight excluding hydrogens is 1020 g/mol. The molecule has 0 radical (unpaired) electrons. The molecule has 0 amide bonds. The Kier molecular flexibility index (Phi) is 15.4. The van der Waals surface area contributed by atoms with E-state index in [1.165, 1.54) is 45.5 Å². The number of nitrogens with one attached hydrogen (secondary N) is 2. The Labute approximate surface area is 400 Å². The van der Waals surface area contributed by atoms with Crippen molar-refractivity contribution in [2.24, 2.45) is 40.0 Å². The summed E-state index contributed by atoms with van der Waals surface area (Å²) < 4.78 is 58.6. The van der Waals surface area contributed by atoms with Crippen LogP contribution < -0.4 is 33.1 Å². The van der Waals surface area contributed by atoms with Gasteiger partial charge in [-0.05, 0) is 112 Å². The van der Waals surface area contributed by atoms with Crippen molar-refractivity contribution in [3.63, 3.8) is 0 Å². The lowest BCUT2D eigenvalue weighted by molar-refractivity contribution is 0.575. The van der Waals surface area contributed by atoms with E-state index < -0.39 is 42.2 Å². The van der Waals surface area contributed by atoms with E-state index in [0.29, 0.717) is 17.4 Å². The number of halogens is 1. The standard InChI is InChI=1S/C22H26N6O4S.C14H16N4O4S.C8H11IN2/c1-14(2)24-17-12-15(9-10-23-17)6-5-11-28-19-18(20(29)27(4)22(28)30)26(3)21(25-19)33(31,32)13-16-7-8-16;1-4-7-18-11-10(12(19)17(3)14(18)20)16(2)13(15-11)23(21,22)8-9-5-6-9;1-6(2)11-8-5-7(9)3-4-10-8/h9-10,12,14,16H,7-8,11,13H2,1-4H3,(H,23,24);1,9H,5-8H2,2-3H3;3-6H,1-2H3,(H,10,11). The van der Waals surface area contributed by atoms with Crippen molar-refractivity contribution >= 4 is 76.2 Å². The summed E-state index contributed by atoms with van der Waals surface area (Å²) in [6.07, 6.45) is 12.2. The topological polar surface area (TPSA) is 242 Å². The van der Waals surface area contributed by atoms with E-state index in [4.69, 9.17) is 6.42 Å². The van der Waals surface area contributed by atoms with E-state index in [2.05, 4.69) is 84.8 Å². The molecule has 2 saturated carbocycles.